The first-order valence-corrected chi connectivity index (χ1v) is 13.1. The number of rotatable bonds is 9. The summed E-state index contributed by atoms with van der Waals surface area (Å²) in [6, 6.07) is 21.2. The molecule has 1 amide bonds. The van der Waals surface area contributed by atoms with Gasteiger partial charge in [0, 0.05) is 36.1 Å². The number of nitrogens with zero attached hydrogens (tertiary/aromatic N) is 3. The summed E-state index contributed by atoms with van der Waals surface area (Å²) in [7, 11) is 0. The first kappa shape index (κ1) is 26.3. The van der Waals surface area contributed by atoms with Gasteiger partial charge in [-0.1, -0.05) is 53.6 Å². The van der Waals surface area contributed by atoms with E-state index in [2.05, 4.69) is 11.1 Å². The minimum absolute atomic E-state index is 0.0401. The summed E-state index contributed by atoms with van der Waals surface area (Å²) < 4.78 is 7.80. The summed E-state index contributed by atoms with van der Waals surface area (Å²) in [4.78, 5) is 32.0. The molecule has 0 saturated carbocycles. The number of aliphatic hydroxyl groups is 1. The van der Waals surface area contributed by atoms with Gasteiger partial charge in [0.1, 0.15) is 18.1 Å². The molecule has 1 fully saturated rings. The number of amides is 1. The van der Waals surface area contributed by atoms with E-state index in [1.54, 1.807) is 61.1 Å². The SMILES string of the molecule is Cc1cccc(COc2ccc(C(O)=C3C(=O)C(=O)N(CCCn4ccnc4)[C@H]3c3cccc(Cl)c3)cc2)c1. The van der Waals surface area contributed by atoms with Crippen molar-refractivity contribution in [2.24, 2.45) is 0 Å². The van der Waals surface area contributed by atoms with Crippen molar-refractivity contribution in [3.8, 4) is 5.75 Å². The van der Waals surface area contributed by atoms with E-state index in [-0.39, 0.29) is 11.3 Å². The third kappa shape index (κ3) is 5.89. The number of hydrogen-bond donors (Lipinski definition) is 1. The van der Waals surface area contributed by atoms with Gasteiger partial charge in [-0.15, -0.1) is 0 Å². The van der Waals surface area contributed by atoms with Gasteiger partial charge in [0.15, 0.2) is 0 Å². The predicted octanol–water partition coefficient (Wildman–Crippen LogP) is 5.94. The Bertz CT molecular complexity index is 1510. The number of imidazole rings is 1. The number of aromatic nitrogens is 2. The topological polar surface area (TPSA) is 84.7 Å². The lowest BCUT2D eigenvalue weighted by Crippen LogP contribution is -2.31. The molecule has 0 bridgehead atoms. The van der Waals surface area contributed by atoms with Crippen molar-refractivity contribution in [3.63, 3.8) is 0 Å². The van der Waals surface area contributed by atoms with Crippen LogP contribution in [0.4, 0.5) is 0 Å². The van der Waals surface area contributed by atoms with Gasteiger partial charge in [-0.25, -0.2) is 4.98 Å². The van der Waals surface area contributed by atoms with Crippen LogP contribution in [0, 0.1) is 6.92 Å². The highest BCUT2D eigenvalue weighted by Gasteiger charge is 2.45. The highest BCUT2D eigenvalue weighted by atomic mass is 35.5. The molecule has 1 aromatic heterocycles. The van der Waals surface area contributed by atoms with Crippen LogP contribution in [0.25, 0.3) is 5.76 Å². The fraction of sp³-hybridized carbons (Fsp3) is 0.194. The van der Waals surface area contributed by atoms with Crippen molar-refractivity contribution in [3.05, 3.63) is 124 Å². The van der Waals surface area contributed by atoms with Crippen LogP contribution in [0.2, 0.25) is 5.02 Å². The van der Waals surface area contributed by atoms with Crippen molar-refractivity contribution >= 4 is 29.1 Å². The second kappa shape index (κ2) is 11.6. The molecule has 3 aromatic carbocycles. The Kier molecular flexibility index (Phi) is 7.79. The number of halogens is 1. The molecular formula is C31H28ClN3O4. The van der Waals surface area contributed by atoms with Gasteiger partial charge in [-0.3, -0.25) is 9.59 Å². The summed E-state index contributed by atoms with van der Waals surface area (Å²) in [5, 5.41) is 11.8. The average molecular weight is 542 g/mol. The minimum atomic E-state index is -0.760. The highest BCUT2D eigenvalue weighted by molar-refractivity contribution is 6.46. The third-order valence-electron chi connectivity index (χ3n) is 6.69. The Balaban J connectivity index is 1.41. The summed E-state index contributed by atoms with van der Waals surface area (Å²) in [5.41, 5.74) is 3.32. The van der Waals surface area contributed by atoms with Crippen molar-refractivity contribution < 1.29 is 19.4 Å². The molecule has 0 aliphatic carbocycles. The summed E-state index contributed by atoms with van der Waals surface area (Å²) >= 11 is 6.27. The molecular weight excluding hydrogens is 514 g/mol. The number of hydrogen-bond acceptors (Lipinski definition) is 5. The minimum Gasteiger partial charge on any atom is -0.507 e. The maximum atomic E-state index is 13.3. The number of ether oxygens (including phenoxy) is 1. The molecule has 39 heavy (non-hydrogen) atoms. The van der Waals surface area contributed by atoms with Gasteiger partial charge in [0.2, 0.25) is 0 Å². The third-order valence-corrected chi connectivity index (χ3v) is 6.93. The second-order valence-electron chi connectivity index (χ2n) is 9.50. The van der Waals surface area contributed by atoms with Crippen LogP contribution in [0.15, 0.2) is 97.1 Å². The Morgan fingerprint density at radius 3 is 2.54 bits per heavy atom. The maximum absolute atomic E-state index is 13.3. The number of Topliss-reactive ketones (excluding diaryl/α,β-unsaturated/α-hetero) is 1. The van der Waals surface area contributed by atoms with Gasteiger partial charge in [0.05, 0.1) is 17.9 Å². The van der Waals surface area contributed by atoms with Crippen LogP contribution in [0.3, 0.4) is 0 Å². The van der Waals surface area contributed by atoms with E-state index >= 15 is 0 Å². The molecule has 1 N–H and O–H groups in total. The smallest absolute Gasteiger partial charge is 0.295 e. The van der Waals surface area contributed by atoms with Crippen molar-refractivity contribution in [1.29, 1.82) is 0 Å². The van der Waals surface area contributed by atoms with E-state index in [1.165, 1.54) is 4.90 Å². The van der Waals surface area contributed by atoms with Gasteiger partial charge in [0.25, 0.3) is 11.7 Å². The molecule has 1 atom stereocenters. The van der Waals surface area contributed by atoms with E-state index in [0.717, 1.165) is 11.1 Å². The Morgan fingerprint density at radius 2 is 1.82 bits per heavy atom. The lowest BCUT2D eigenvalue weighted by molar-refractivity contribution is -0.139. The molecule has 0 spiro atoms. The average Bonchev–Trinajstić information content (AvgIpc) is 3.54. The largest absolute Gasteiger partial charge is 0.507 e. The highest BCUT2D eigenvalue weighted by Crippen LogP contribution is 2.40. The number of aliphatic hydroxyl groups excluding tert-OH is 1. The van der Waals surface area contributed by atoms with Crippen LogP contribution >= 0.6 is 11.6 Å². The first-order valence-electron chi connectivity index (χ1n) is 12.7. The lowest BCUT2D eigenvalue weighted by atomic mass is 9.95. The van der Waals surface area contributed by atoms with Gasteiger partial charge >= 0.3 is 0 Å². The zero-order valence-corrected chi connectivity index (χ0v) is 22.2. The molecule has 198 valence electrons. The molecule has 8 heteroatoms. The van der Waals surface area contributed by atoms with Crippen molar-refractivity contribution in [2.75, 3.05) is 6.54 Å². The van der Waals surface area contributed by atoms with E-state index in [4.69, 9.17) is 16.3 Å². The first-order chi connectivity index (χ1) is 18.9. The van der Waals surface area contributed by atoms with Crippen LogP contribution in [0.1, 0.15) is 34.7 Å². The van der Waals surface area contributed by atoms with Gasteiger partial charge in [-0.05, 0) is 60.9 Å². The van der Waals surface area contributed by atoms with E-state index in [0.29, 0.717) is 48.0 Å². The van der Waals surface area contributed by atoms with Crippen LogP contribution in [-0.4, -0.2) is 37.8 Å². The van der Waals surface area contributed by atoms with E-state index in [9.17, 15) is 14.7 Å². The fourth-order valence-electron chi connectivity index (χ4n) is 4.81. The monoisotopic (exact) mass is 541 g/mol. The summed E-state index contributed by atoms with van der Waals surface area (Å²) in [6.45, 7) is 3.39. The molecule has 1 saturated heterocycles. The Hall–Kier alpha value is -4.36. The van der Waals surface area contributed by atoms with Crippen LogP contribution in [0.5, 0.6) is 5.75 Å². The molecule has 1 aliphatic rings. The molecule has 1 aliphatic heterocycles. The Morgan fingerprint density at radius 1 is 1.03 bits per heavy atom. The van der Waals surface area contributed by atoms with E-state index < -0.39 is 17.7 Å². The molecule has 5 rings (SSSR count). The van der Waals surface area contributed by atoms with E-state index in [1.807, 2.05) is 35.9 Å². The Labute approximate surface area is 231 Å². The number of likely N-dealkylation sites (tertiary alicyclic amines) is 1. The fourth-order valence-corrected chi connectivity index (χ4v) is 5.01. The number of aryl methyl sites for hydroxylation is 2. The number of ketones is 1. The molecule has 7 nitrogen and oxygen atoms in total. The maximum Gasteiger partial charge on any atom is 0.295 e. The van der Waals surface area contributed by atoms with Crippen molar-refractivity contribution in [1.82, 2.24) is 14.5 Å². The van der Waals surface area contributed by atoms with Crippen molar-refractivity contribution in [2.45, 2.75) is 32.5 Å². The lowest BCUT2D eigenvalue weighted by Gasteiger charge is -2.25. The van der Waals surface area contributed by atoms with Gasteiger partial charge < -0.3 is 19.3 Å². The van der Waals surface area contributed by atoms with Gasteiger partial charge in [-0.2, -0.15) is 0 Å². The zero-order valence-electron chi connectivity index (χ0n) is 21.5. The summed E-state index contributed by atoms with van der Waals surface area (Å²) in [5.74, 6) is -0.981. The zero-order chi connectivity index (χ0) is 27.4. The number of carbonyl (C=O) groups excluding carboxylic acids is 2. The molecule has 0 unspecified atom stereocenters. The quantitative estimate of drug-likeness (QED) is 0.161. The molecule has 0 radical (unpaired) electrons. The van der Waals surface area contributed by atoms with Crippen LogP contribution in [-0.2, 0) is 22.7 Å². The van der Waals surface area contributed by atoms with Crippen LogP contribution < -0.4 is 4.74 Å². The second-order valence-corrected chi connectivity index (χ2v) is 9.94. The number of carbonyl (C=O) groups is 2. The number of benzene rings is 3. The summed E-state index contributed by atoms with van der Waals surface area (Å²) in [6.07, 6.45) is 5.85. The molecule has 4 aromatic rings. The standard InChI is InChI=1S/C31H28ClN3O4/c1-21-5-2-6-22(17-21)19-39-26-11-9-23(10-12-26)29(36)27-28(24-7-3-8-25(32)18-24)35(31(38)30(27)37)15-4-14-34-16-13-33-20-34/h2-3,5-13,16-18,20,28,36H,4,14-15,19H2,1H3/t28-/m0/s1. The normalized spacial score (nSPS) is 16.6. The molecule has 2 heterocycles. The predicted molar refractivity (Wildman–Crippen MR) is 149 cm³/mol.